The molecular weight excluding hydrogens is 588 g/mol. The summed E-state index contributed by atoms with van der Waals surface area (Å²) in [4.78, 5) is 59.7. The number of carbonyl (C=O) groups excluding carboxylic acids is 4. The van der Waals surface area contributed by atoms with Crippen molar-refractivity contribution in [2.24, 2.45) is 0 Å². The molecule has 0 aliphatic carbocycles. The first-order chi connectivity index (χ1) is 22.3. The molecule has 3 aromatic rings. The summed E-state index contributed by atoms with van der Waals surface area (Å²) < 4.78 is 4.90. The standard InChI is InChI=1S/C34H38N6O6/c1-22-19-27-28(20-26(22)34(44)45-3)37-33(43)30(27)31(23-7-5-4-6-8-23)36-25-11-9-24(10-12-25)32(42)38-46-18-17-39-13-15-40(16-14-39)21-29(41)35-2/h4-12,19-20,36H,13-18,21H2,1-3H3,(H,35,41)(H,37,43)(H,38,42)/b31-30-. The van der Waals surface area contributed by atoms with E-state index in [9.17, 15) is 19.2 Å². The van der Waals surface area contributed by atoms with E-state index in [4.69, 9.17) is 9.57 Å². The van der Waals surface area contributed by atoms with Gasteiger partial charge in [-0.05, 0) is 54.4 Å². The van der Waals surface area contributed by atoms with E-state index in [2.05, 4.69) is 31.2 Å². The first-order valence-electron chi connectivity index (χ1n) is 15.1. The van der Waals surface area contributed by atoms with Crippen LogP contribution in [0.15, 0.2) is 66.7 Å². The molecule has 3 aromatic carbocycles. The van der Waals surface area contributed by atoms with Gasteiger partial charge in [0, 0.05) is 56.6 Å². The maximum atomic E-state index is 13.3. The predicted molar refractivity (Wildman–Crippen MR) is 175 cm³/mol. The molecule has 0 aromatic heterocycles. The number of aryl methyl sites for hydroxylation is 1. The molecule has 0 bridgehead atoms. The lowest BCUT2D eigenvalue weighted by atomic mass is 9.96. The fourth-order valence-electron chi connectivity index (χ4n) is 5.44. The Labute approximate surface area is 267 Å². The number of hydrogen-bond acceptors (Lipinski definition) is 9. The van der Waals surface area contributed by atoms with Crippen molar-refractivity contribution in [1.82, 2.24) is 20.6 Å². The summed E-state index contributed by atoms with van der Waals surface area (Å²) in [6, 6.07) is 19.8. The highest BCUT2D eigenvalue weighted by molar-refractivity contribution is 6.37. The summed E-state index contributed by atoms with van der Waals surface area (Å²) >= 11 is 0. The van der Waals surface area contributed by atoms with Crippen molar-refractivity contribution < 1.29 is 28.8 Å². The third-order valence-electron chi connectivity index (χ3n) is 8.03. The van der Waals surface area contributed by atoms with Crippen LogP contribution in [0.2, 0.25) is 0 Å². The van der Waals surface area contributed by atoms with Gasteiger partial charge in [-0.25, -0.2) is 10.3 Å². The van der Waals surface area contributed by atoms with Gasteiger partial charge in [-0.3, -0.25) is 29.0 Å². The number of esters is 1. The van der Waals surface area contributed by atoms with Gasteiger partial charge in [-0.1, -0.05) is 30.3 Å². The highest BCUT2D eigenvalue weighted by Crippen LogP contribution is 2.39. The smallest absolute Gasteiger partial charge is 0.338 e. The molecule has 0 unspecified atom stereocenters. The number of hydrogen-bond donors (Lipinski definition) is 4. The summed E-state index contributed by atoms with van der Waals surface area (Å²) in [6.45, 7) is 6.45. The van der Waals surface area contributed by atoms with Crippen LogP contribution in [-0.2, 0) is 19.2 Å². The summed E-state index contributed by atoms with van der Waals surface area (Å²) in [5.74, 6) is -1.14. The van der Waals surface area contributed by atoms with Crippen molar-refractivity contribution in [3.05, 3.63) is 94.5 Å². The normalized spacial score (nSPS) is 15.8. The molecule has 2 heterocycles. The van der Waals surface area contributed by atoms with E-state index in [0.717, 1.165) is 31.7 Å². The van der Waals surface area contributed by atoms with E-state index in [0.29, 0.717) is 64.6 Å². The maximum Gasteiger partial charge on any atom is 0.338 e. The number of amides is 3. The average molecular weight is 627 g/mol. The van der Waals surface area contributed by atoms with Crippen molar-refractivity contribution in [2.45, 2.75) is 6.92 Å². The Morgan fingerprint density at radius 1 is 0.913 bits per heavy atom. The first kappa shape index (κ1) is 32.4. The molecule has 12 nitrogen and oxygen atoms in total. The van der Waals surface area contributed by atoms with Gasteiger partial charge in [-0.15, -0.1) is 0 Å². The second-order valence-electron chi connectivity index (χ2n) is 11.0. The molecule has 0 spiro atoms. The van der Waals surface area contributed by atoms with Crippen LogP contribution in [0.25, 0.3) is 11.3 Å². The number of rotatable bonds is 11. The molecule has 0 radical (unpaired) electrons. The van der Waals surface area contributed by atoms with E-state index in [1.807, 2.05) is 30.3 Å². The van der Waals surface area contributed by atoms with Gasteiger partial charge < -0.3 is 20.7 Å². The van der Waals surface area contributed by atoms with Crippen molar-refractivity contribution in [3.8, 4) is 0 Å². The minimum Gasteiger partial charge on any atom is -0.465 e. The third-order valence-corrected chi connectivity index (χ3v) is 8.03. The molecule has 5 rings (SSSR count). The molecule has 12 heteroatoms. The average Bonchev–Trinajstić information content (AvgIpc) is 3.39. The highest BCUT2D eigenvalue weighted by atomic mass is 16.7. The molecule has 2 aliphatic heterocycles. The molecule has 46 heavy (non-hydrogen) atoms. The van der Waals surface area contributed by atoms with Crippen LogP contribution in [0.4, 0.5) is 11.4 Å². The topological polar surface area (TPSA) is 141 Å². The number of anilines is 2. The number of nitrogens with zero attached hydrogens (tertiary/aromatic N) is 2. The Balaban J connectivity index is 1.23. The fraction of sp³-hybridized carbons (Fsp3) is 0.294. The Bertz CT molecular complexity index is 1630. The molecule has 4 N–H and O–H groups in total. The lowest BCUT2D eigenvalue weighted by Gasteiger charge is -2.33. The van der Waals surface area contributed by atoms with Crippen LogP contribution in [-0.4, -0.2) is 93.5 Å². The van der Waals surface area contributed by atoms with E-state index in [1.54, 1.807) is 50.4 Å². The van der Waals surface area contributed by atoms with Crippen LogP contribution in [0.1, 0.15) is 37.4 Å². The van der Waals surface area contributed by atoms with Gasteiger partial charge in [-0.2, -0.15) is 0 Å². The van der Waals surface area contributed by atoms with Gasteiger partial charge in [0.1, 0.15) is 0 Å². The number of hydroxylamine groups is 1. The number of methoxy groups -OCH3 is 1. The molecule has 0 saturated carbocycles. The summed E-state index contributed by atoms with van der Waals surface area (Å²) in [7, 11) is 2.96. The van der Waals surface area contributed by atoms with Gasteiger partial charge in [0.05, 0.1) is 42.8 Å². The zero-order chi connectivity index (χ0) is 32.6. The van der Waals surface area contributed by atoms with Gasteiger partial charge >= 0.3 is 5.97 Å². The highest BCUT2D eigenvalue weighted by Gasteiger charge is 2.30. The van der Waals surface area contributed by atoms with E-state index < -0.39 is 5.97 Å². The number of fused-ring (bicyclic) bond motifs is 1. The van der Waals surface area contributed by atoms with Crippen molar-refractivity contribution in [1.29, 1.82) is 0 Å². The zero-order valence-corrected chi connectivity index (χ0v) is 26.1. The summed E-state index contributed by atoms with van der Waals surface area (Å²) in [5.41, 5.74) is 7.65. The van der Waals surface area contributed by atoms with E-state index in [1.165, 1.54) is 7.11 Å². The summed E-state index contributed by atoms with van der Waals surface area (Å²) in [5, 5.41) is 8.91. The maximum absolute atomic E-state index is 13.3. The van der Waals surface area contributed by atoms with Crippen LogP contribution in [0, 0.1) is 6.92 Å². The number of nitrogens with one attached hydrogen (secondary N) is 4. The van der Waals surface area contributed by atoms with Crippen LogP contribution in [0.5, 0.6) is 0 Å². The largest absolute Gasteiger partial charge is 0.465 e. The van der Waals surface area contributed by atoms with E-state index >= 15 is 0 Å². The minimum atomic E-state index is -0.475. The lowest BCUT2D eigenvalue weighted by molar-refractivity contribution is -0.122. The Kier molecular flexibility index (Phi) is 10.4. The van der Waals surface area contributed by atoms with Crippen LogP contribution in [0.3, 0.4) is 0 Å². The number of carbonyl (C=O) groups is 4. The van der Waals surface area contributed by atoms with Crippen molar-refractivity contribution in [2.75, 3.05) is 70.7 Å². The third kappa shape index (κ3) is 7.60. The fourth-order valence-corrected chi connectivity index (χ4v) is 5.44. The lowest BCUT2D eigenvalue weighted by Crippen LogP contribution is -2.50. The molecule has 0 atom stereocenters. The SMILES string of the molecule is CNC(=O)CN1CCN(CCONC(=O)c2ccc(N/C(=C3\C(=O)Nc4cc(C(=O)OC)c(C)cc43)c3ccccc3)cc2)CC1. The van der Waals surface area contributed by atoms with E-state index in [-0.39, 0.29) is 17.7 Å². The molecule has 240 valence electrons. The molecule has 2 aliphatic rings. The number of likely N-dealkylation sites (N-methyl/N-ethyl adjacent to an activating group) is 1. The predicted octanol–water partition coefficient (Wildman–Crippen LogP) is 2.74. The Morgan fingerprint density at radius 3 is 2.28 bits per heavy atom. The van der Waals surface area contributed by atoms with Crippen LogP contribution >= 0.6 is 0 Å². The Morgan fingerprint density at radius 2 is 1.61 bits per heavy atom. The van der Waals surface area contributed by atoms with Gasteiger partial charge in [0.25, 0.3) is 11.8 Å². The van der Waals surface area contributed by atoms with Crippen molar-refractivity contribution >= 4 is 46.3 Å². The second kappa shape index (κ2) is 14.8. The first-order valence-corrected chi connectivity index (χ1v) is 15.1. The Hall–Kier alpha value is -5.04. The number of piperazine rings is 1. The summed E-state index contributed by atoms with van der Waals surface area (Å²) in [6.07, 6.45) is 0. The number of benzene rings is 3. The molecule has 1 fully saturated rings. The minimum absolute atomic E-state index is 0.00996. The quantitative estimate of drug-likeness (QED) is 0.109. The molecular formula is C34H38N6O6. The van der Waals surface area contributed by atoms with Crippen molar-refractivity contribution in [3.63, 3.8) is 0 Å². The molecule has 3 amide bonds. The zero-order valence-electron chi connectivity index (χ0n) is 26.1. The second-order valence-corrected chi connectivity index (χ2v) is 11.0. The van der Waals surface area contributed by atoms with Crippen LogP contribution < -0.4 is 21.4 Å². The van der Waals surface area contributed by atoms with Gasteiger partial charge in [0.2, 0.25) is 5.91 Å². The molecule has 1 saturated heterocycles. The number of ether oxygens (including phenoxy) is 1. The van der Waals surface area contributed by atoms with Gasteiger partial charge in [0.15, 0.2) is 0 Å². The monoisotopic (exact) mass is 626 g/mol.